The lowest BCUT2D eigenvalue weighted by molar-refractivity contribution is 0.844. The summed E-state index contributed by atoms with van der Waals surface area (Å²) in [6.45, 7) is 4.02. The van der Waals surface area contributed by atoms with Crippen LogP contribution in [0.15, 0.2) is 41.3 Å². The number of halogens is 1. The van der Waals surface area contributed by atoms with E-state index < -0.39 is 0 Å². The molecule has 1 aromatic carbocycles. The Morgan fingerprint density at radius 2 is 1.76 bits per heavy atom. The van der Waals surface area contributed by atoms with Crippen molar-refractivity contribution >= 4 is 11.6 Å². The first-order chi connectivity index (χ1) is 8.08. The minimum Gasteiger partial charge on any atom is -0.328 e. The molecule has 1 N–H and O–H groups in total. The van der Waals surface area contributed by atoms with Crippen molar-refractivity contribution in [3.8, 4) is 11.1 Å². The molecule has 2 rings (SSSR count). The second-order valence-electron chi connectivity index (χ2n) is 4.33. The molecule has 0 aliphatic heterocycles. The first kappa shape index (κ1) is 11.9. The number of aromatic amines is 1. The normalized spacial score (nSPS) is 10.8. The number of hydrogen-bond acceptors (Lipinski definition) is 1. The van der Waals surface area contributed by atoms with Crippen LogP contribution in [0.2, 0.25) is 5.02 Å². The molecule has 0 saturated carbocycles. The molecular weight excluding hydrogens is 234 g/mol. The molecule has 2 aromatic rings. The van der Waals surface area contributed by atoms with Gasteiger partial charge in [0.1, 0.15) is 0 Å². The quantitative estimate of drug-likeness (QED) is 0.860. The van der Waals surface area contributed by atoms with Gasteiger partial charge >= 0.3 is 0 Å². The summed E-state index contributed by atoms with van der Waals surface area (Å²) in [5.74, 6) is 0.214. The summed E-state index contributed by atoms with van der Waals surface area (Å²) in [6, 6.07) is 9.51. The van der Waals surface area contributed by atoms with E-state index >= 15 is 0 Å². The second-order valence-corrected chi connectivity index (χ2v) is 4.77. The van der Waals surface area contributed by atoms with Crippen molar-refractivity contribution in [3.63, 3.8) is 0 Å². The number of aromatic nitrogens is 1. The third-order valence-corrected chi connectivity index (χ3v) is 2.98. The van der Waals surface area contributed by atoms with Crippen molar-refractivity contribution in [1.82, 2.24) is 4.98 Å². The Hall–Kier alpha value is -1.54. The Balaban J connectivity index is 2.50. The number of rotatable bonds is 2. The molecule has 0 aliphatic carbocycles. The molecule has 0 atom stereocenters. The zero-order valence-electron chi connectivity index (χ0n) is 9.83. The molecule has 3 heteroatoms. The van der Waals surface area contributed by atoms with E-state index in [4.69, 9.17) is 11.6 Å². The fourth-order valence-electron chi connectivity index (χ4n) is 1.74. The van der Waals surface area contributed by atoms with Crippen LogP contribution >= 0.6 is 11.6 Å². The Morgan fingerprint density at radius 1 is 1.12 bits per heavy atom. The van der Waals surface area contributed by atoms with E-state index in [1.807, 2.05) is 44.2 Å². The largest absolute Gasteiger partial charge is 0.328 e. The highest BCUT2D eigenvalue weighted by molar-refractivity contribution is 6.30. The Morgan fingerprint density at radius 3 is 2.35 bits per heavy atom. The van der Waals surface area contributed by atoms with Gasteiger partial charge < -0.3 is 4.98 Å². The van der Waals surface area contributed by atoms with Gasteiger partial charge in [0.2, 0.25) is 0 Å². The first-order valence-corrected chi connectivity index (χ1v) is 5.94. The topological polar surface area (TPSA) is 32.9 Å². The van der Waals surface area contributed by atoms with Gasteiger partial charge in [-0.2, -0.15) is 0 Å². The zero-order valence-corrected chi connectivity index (χ0v) is 10.6. The van der Waals surface area contributed by atoms with Gasteiger partial charge in [0, 0.05) is 16.8 Å². The molecular formula is C14H14ClNO. The van der Waals surface area contributed by atoms with Crippen LogP contribution in [0, 0.1) is 0 Å². The van der Waals surface area contributed by atoms with Gasteiger partial charge in [0.05, 0.1) is 0 Å². The number of nitrogens with one attached hydrogen (secondary N) is 1. The van der Waals surface area contributed by atoms with Crippen molar-refractivity contribution < 1.29 is 0 Å². The molecule has 0 bridgehead atoms. The third-order valence-electron chi connectivity index (χ3n) is 2.73. The van der Waals surface area contributed by atoms with Crippen LogP contribution < -0.4 is 5.56 Å². The van der Waals surface area contributed by atoms with Crippen LogP contribution in [0.3, 0.4) is 0 Å². The standard InChI is InChI=1S/C14H14ClNO/c1-9(2)13-7-11(8-16-14(13)17)10-3-5-12(15)6-4-10/h3-9H,1-2H3,(H,16,17). The number of H-pyrrole nitrogens is 1. The van der Waals surface area contributed by atoms with Crippen molar-refractivity contribution in [2.45, 2.75) is 19.8 Å². The first-order valence-electron chi connectivity index (χ1n) is 5.56. The van der Waals surface area contributed by atoms with E-state index in [9.17, 15) is 4.79 Å². The molecule has 0 fully saturated rings. The average Bonchev–Trinajstić information content (AvgIpc) is 2.30. The molecule has 0 aliphatic rings. The van der Waals surface area contributed by atoms with Crippen LogP contribution in [-0.4, -0.2) is 4.98 Å². The number of pyridine rings is 1. The average molecular weight is 248 g/mol. The van der Waals surface area contributed by atoms with E-state index in [2.05, 4.69) is 4.98 Å². The molecule has 17 heavy (non-hydrogen) atoms. The van der Waals surface area contributed by atoms with Crippen LogP contribution in [0.4, 0.5) is 0 Å². The van der Waals surface area contributed by atoms with E-state index in [1.54, 1.807) is 6.20 Å². The lowest BCUT2D eigenvalue weighted by Gasteiger charge is -2.07. The summed E-state index contributed by atoms with van der Waals surface area (Å²) >= 11 is 5.85. The molecule has 0 amide bonds. The molecule has 0 unspecified atom stereocenters. The lowest BCUT2D eigenvalue weighted by Crippen LogP contribution is -2.13. The summed E-state index contributed by atoms with van der Waals surface area (Å²) < 4.78 is 0. The summed E-state index contributed by atoms with van der Waals surface area (Å²) in [5.41, 5.74) is 2.84. The van der Waals surface area contributed by atoms with Gasteiger partial charge in [0.15, 0.2) is 0 Å². The van der Waals surface area contributed by atoms with Gasteiger partial charge in [-0.05, 0) is 35.2 Å². The minimum absolute atomic E-state index is 0.0160. The van der Waals surface area contributed by atoms with E-state index in [-0.39, 0.29) is 11.5 Å². The van der Waals surface area contributed by atoms with Gasteiger partial charge in [-0.3, -0.25) is 4.79 Å². The molecule has 1 aromatic heterocycles. The molecule has 88 valence electrons. The third kappa shape index (κ3) is 2.59. The number of benzene rings is 1. The summed E-state index contributed by atoms with van der Waals surface area (Å²) in [6.07, 6.45) is 1.73. The van der Waals surface area contributed by atoms with Crippen molar-refractivity contribution in [1.29, 1.82) is 0 Å². The van der Waals surface area contributed by atoms with Crippen LogP contribution in [-0.2, 0) is 0 Å². The Kier molecular flexibility index (Phi) is 3.34. The van der Waals surface area contributed by atoms with Crippen molar-refractivity contribution in [2.24, 2.45) is 0 Å². The summed E-state index contributed by atoms with van der Waals surface area (Å²) in [4.78, 5) is 14.4. The van der Waals surface area contributed by atoms with Crippen LogP contribution in [0.25, 0.3) is 11.1 Å². The van der Waals surface area contributed by atoms with Gasteiger partial charge in [-0.1, -0.05) is 37.6 Å². The van der Waals surface area contributed by atoms with Crippen LogP contribution in [0.5, 0.6) is 0 Å². The van der Waals surface area contributed by atoms with Crippen molar-refractivity contribution in [3.05, 3.63) is 57.5 Å². The summed E-state index contributed by atoms with van der Waals surface area (Å²) in [5, 5.41) is 0.710. The van der Waals surface area contributed by atoms with E-state index in [0.29, 0.717) is 5.02 Å². The maximum Gasteiger partial charge on any atom is 0.251 e. The molecule has 0 radical (unpaired) electrons. The molecule has 0 spiro atoms. The zero-order chi connectivity index (χ0) is 12.4. The van der Waals surface area contributed by atoms with Crippen molar-refractivity contribution in [2.75, 3.05) is 0 Å². The van der Waals surface area contributed by atoms with Gasteiger partial charge in [-0.25, -0.2) is 0 Å². The van der Waals surface area contributed by atoms with Gasteiger partial charge in [0.25, 0.3) is 5.56 Å². The Labute approximate surface area is 105 Å². The molecule has 1 heterocycles. The predicted octanol–water partition coefficient (Wildman–Crippen LogP) is 3.82. The summed E-state index contributed by atoms with van der Waals surface area (Å²) in [7, 11) is 0. The fraction of sp³-hybridized carbons (Fsp3) is 0.214. The maximum absolute atomic E-state index is 11.6. The maximum atomic E-state index is 11.6. The SMILES string of the molecule is CC(C)c1cc(-c2ccc(Cl)cc2)c[nH]c1=O. The Bertz CT molecular complexity index is 570. The smallest absolute Gasteiger partial charge is 0.251 e. The predicted molar refractivity (Wildman–Crippen MR) is 71.6 cm³/mol. The van der Waals surface area contributed by atoms with E-state index in [1.165, 1.54) is 0 Å². The second kappa shape index (κ2) is 4.76. The minimum atomic E-state index is -0.0160. The van der Waals surface area contributed by atoms with Crippen LogP contribution in [0.1, 0.15) is 25.3 Å². The highest BCUT2D eigenvalue weighted by Gasteiger charge is 2.07. The monoisotopic (exact) mass is 247 g/mol. The lowest BCUT2D eigenvalue weighted by atomic mass is 10.0. The molecule has 0 saturated heterocycles. The van der Waals surface area contributed by atoms with Gasteiger partial charge in [-0.15, -0.1) is 0 Å². The highest BCUT2D eigenvalue weighted by atomic mass is 35.5. The molecule has 2 nitrogen and oxygen atoms in total. The number of hydrogen-bond donors (Lipinski definition) is 1. The fourth-order valence-corrected chi connectivity index (χ4v) is 1.87. The van der Waals surface area contributed by atoms with E-state index in [0.717, 1.165) is 16.7 Å². The highest BCUT2D eigenvalue weighted by Crippen LogP contribution is 2.22.